The lowest BCUT2D eigenvalue weighted by molar-refractivity contribution is -0.128. The fraction of sp³-hybridized carbons (Fsp3) is 0.909. The third kappa shape index (κ3) is 1.37. The van der Waals surface area contributed by atoms with Gasteiger partial charge in [-0.25, -0.2) is 0 Å². The maximum atomic E-state index is 12.0. The van der Waals surface area contributed by atoms with E-state index < -0.39 is 15.5 Å². The summed E-state index contributed by atoms with van der Waals surface area (Å²) < 4.78 is 27.7. The van der Waals surface area contributed by atoms with Gasteiger partial charge in [-0.1, -0.05) is 13.8 Å². The SMILES string of the molecule is COS(=O)(=O)C[C@]12CCC(CC1=O)C2(C)C. The lowest BCUT2D eigenvalue weighted by atomic mass is 9.70. The minimum absolute atomic E-state index is 0.106. The van der Waals surface area contributed by atoms with Gasteiger partial charge in [0.2, 0.25) is 0 Å². The van der Waals surface area contributed by atoms with Crippen molar-refractivity contribution in [1.82, 2.24) is 0 Å². The third-order valence-corrected chi connectivity index (χ3v) is 6.17. The Bertz CT molecular complexity index is 423. The van der Waals surface area contributed by atoms with E-state index in [-0.39, 0.29) is 17.0 Å². The molecule has 2 aliphatic carbocycles. The number of ketones is 1. The zero-order valence-corrected chi connectivity index (χ0v) is 10.8. The molecular formula is C11H18O4S. The Balaban J connectivity index is 2.40. The van der Waals surface area contributed by atoms with Gasteiger partial charge in [0.05, 0.1) is 18.3 Å². The van der Waals surface area contributed by atoms with Crippen molar-refractivity contribution >= 4 is 15.9 Å². The molecule has 0 N–H and O–H groups in total. The quantitative estimate of drug-likeness (QED) is 0.705. The van der Waals surface area contributed by atoms with Crippen LogP contribution in [0.2, 0.25) is 0 Å². The summed E-state index contributed by atoms with van der Waals surface area (Å²) >= 11 is 0. The minimum Gasteiger partial charge on any atom is -0.299 e. The Morgan fingerprint density at radius 1 is 1.44 bits per heavy atom. The van der Waals surface area contributed by atoms with E-state index in [4.69, 9.17) is 0 Å². The number of carbonyl (C=O) groups excluding carboxylic acids is 1. The van der Waals surface area contributed by atoms with E-state index in [2.05, 4.69) is 4.18 Å². The summed E-state index contributed by atoms with van der Waals surface area (Å²) in [5, 5.41) is 0. The molecule has 2 rings (SSSR count). The average molecular weight is 246 g/mol. The Kier molecular flexibility index (Phi) is 2.48. The van der Waals surface area contributed by atoms with E-state index in [1.807, 2.05) is 13.8 Å². The molecule has 0 spiro atoms. The summed E-state index contributed by atoms with van der Waals surface area (Å²) in [7, 11) is -2.41. The molecule has 2 aliphatic rings. The summed E-state index contributed by atoms with van der Waals surface area (Å²) in [6.07, 6.45) is 2.18. The van der Waals surface area contributed by atoms with E-state index in [9.17, 15) is 13.2 Å². The van der Waals surface area contributed by atoms with E-state index in [0.717, 1.165) is 13.5 Å². The first-order valence-corrected chi connectivity index (χ1v) is 7.14. The maximum Gasteiger partial charge on any atom is 0.268 e. The van der Waals surface area contributed by atoms with Crippen molar-refractivity contribution in [2.24, 2.45) is 16.7 Å². The molecule has 1 unspecified atom stereocenters. The molecule has 92 valence electrons. The molecule has 0 aliphatic heterocycles. The molecule has 0 heterocycles. The monoisotopic (exact) mass is 246 g/mol. The smallest absolute Gasteiger partial charge is 0.268 e. The van der Waals surface area contributed by atoms with Gasteiger partial charge in [0.15, 0.2) is 0 Å². The molecule has 0 saturated heterocycles. The van der Waals surface area contributed by atoms with Gasteiger partial charge in [0, 0.05) is 6.42 Å². The maximum absolute atomic E-state index is 12.0. The van der Waals surface area contributed by atoms with Gasteiger partial charge in [-0.05, 0) is 24.2 Å². The predicted molar refractivity (Wildman–Crippen MR) is 59.4 cm³/mol. The number of hydrogen-bond donors (Lipinski definition) is 0. The molecule has 16 heavy (non-hydrogen) atoms. The van der Waals surface area contributed by atoms with Gasteiger partial charge in [-0.2, -0.15) is 8.42 Å². The van der Waals surface area contributed by atoms with Crippen LogP contribution in [0.5, 0.6) is 0 Å². The number of hydrogen-bond acceptors (Lipinski definition) is 4. The van der Waals surface area contributed by atoms with Gasteiger partial charge in [0.25, 0.3) is 10.1 Å². The molecular weight excluding hydrogens is 228 g/mol. The van der Waals surface area contributed by atoms with Crippen LogP contribution in [0.15, 0.2) is 0 Å². The lowest BCUT2D eigenvalue weighted by Crippen LogP contribution is -2.42. The van der Waals surface area contributed by atoms with Crippen LogP contribution in [-0.2, 0) is 19.1 Å². The highest BCUT2D eigenvalue weighted by molar-refractivity contribution is 7.86. The molecule has 0 aromatic heterocycles. The van der Waals surface area contributed by atoms with Crippen LogP contribution in [0, 0.1) is 16.7 Å². The van der Waals surface area contributed by atoms with Gasteiger partial charge in [-0.15, -0.1) is 0 Å². The molecule has 2 atom stereocenters. The number of Topliss-reactive ketones (excluding diaryl/α,β-unsaturated/α-hetero) is 1. The summed E-state index contributed by atoms with van der Waals surface area (Å²) in [4.78, 5) is 12.0. The van der Waals surface area contributed by atoms with Crippen molar-refractivity contribution in [2.75, 3.05) is 12.9 Å². The predicted octanol–water partition coefficient (Wildman–Crippen LogP) is 1.36. The van der Waals surface area contributed by atoms with Crippen molar-refractivity contribution < 1.29 is 17.4 Å². The molecule has 0 aromatic carbocycles. The summed E-state index contributed by atoms with van der Waals surface area (Å²) in [6, 6.07) is 0. The Morgan fingerprint density at radius 3 is 2.44 bits per heavy atom. The first-order valence-electron chi connectivity index (χ1n) is 5.57. The van der Waals surface area contributed by atoms with Crippen LogP contribution in [0.4, 0.5) is 0 Å². The largest absolute Gasteiger partial charge is 0.299 e. The standard InChI is InChI=1S/C11H18O4S/c1-10(2)8-4-5-11(10,9(12)6-8)7-16(13,14)15-3/h8H,4-7H2,1-3H3/t8?,11-/m1/s1. The number of fused-ring (bicyclic) bond motifs is 2. The van der Waals surface area contributed by atoms with Gasteiger partial charge >= 0.3 is 0 Å². The van der Waals surface area contributed by atoms with Gasteiger partial charge in [-0.3, -0.25) is 8.98 Å². The molecule has 0 amide bonds. The lowest BCUT2D eigenvalue weighted by Gasteiger charge is -2.35. The first kappa shape index (κ1) is 12.0. The average Bonchev–Trinajstić information content (AvgIpc) is 2.51. The van der Waals surface area contributed by atoms with Crippen LogP contribution < -0.4 is 0 Å². The molecule has 2 bridgehead atoms. The van der Waals surface area contributed by atoms with Crippen LogP contribution >= 0.6 is 0 Å². The van der Waals surface area contributed by atoms with E-state index in [1.165, 1.54) is 0 Å². The summed E-state index contributed by atoms with van der Waals surface area (Å²) in [5.74, 6) is 0.292. The molecule has 4 nitrogen and oxygen atoms in total. The summed E-state index contributed by atoms with van der Waals surface area (Å²) in [6.45, 7) is 4.03. The molecule has 0 radical (unpaired) electrons. The van der Waals surface area contributed by atoms with Gasteiger partial charge in [0.1, 0.15) is 5.78 Å². The highest BCUT2D eigenvalue weighted by atomic mass is 32.2. The van der Waals surface area contributed by atoms with Gasteiger partial charge < -0.3 is 0 Å². The third-order valence-electron chi connectivity index (χ3n) is 4.82. The van der Waals surface area contributed by atoms with Crippen LogP contribution in [-0.4, -0.2) is 27.1 Å². The second-order valence-corrected chi connectivity index (χ2v) is 7.27. The number of carbonyl (C=O) groups is 1. The second kappa shape index (κ2) is 3.29. The fourth-order valence-electron chi connectivity index (χ4n) is 3.47. The Hall–Kier alpha value is -0.420. The van der Waals surface area contributed by atoms with Crippen molar-refractivity contribution in [3.63, 3.8) is 0 Å². The topological polar surface area (TPSA) is 60.4 Å². The molecule has 5 heteroatoms. The second-order valence-electron chi connectivity index (χ2n) is 5.54. The van der Waals surface area contributed by atoms with E-state index in [1.54, 1.807) is 0 Å². The Labute approximate surface area is 96.5 Å². The van der Waals surface area contributed by atoms with Crippen molar-refractivity contribution in [1.29, 1.82) is 0 Å². The zero-order valence-electron chi connectivity index (χ0n) is 9.95. The zero-order chi connectivity index (χ0) is 12.2. The van der Waals surface area contributed by atoms with Crippen LogP contribution in [0.1, 0.15) is 33.1 Å². The molecule has 2 fully saturated rings. The molecule has 0 aromatic rings. The highest BCUT2D eigenvalue weighted by Crippen LogP contribution is 2.64. The Morgan fingerprint density at radius 2 is 2.06 bits per heavy atom. The van der Waals surface area contributed by atoms with Crippen LogP contribution in [0.3, 0.4) is 0 Å². The first-order chi connectivity index (χ1) is 7.25. The van der Waals surface area contributed by atoms with Crippen molar-refractivity contribution in [2.45, 2.75) is 33.1 Å². The number of rotatable bonds is 3. The van der Waals surface area contributed by atoms with Crippen LogP contribution in [0.25, 0.3) is 0 Å². The van der Waals surface area contributed by atoms with E-state index in [0.29, 0.717) is 18.8 Å². The normalized spacial score (nSPS) is 36.9. The highest BCUT2D eigenvalue weighted by Gasteiger charge is 2.65. The van der Waals surface area contributed by atoms with Crippen molar-refractivity contribution in [3.05, 3.63) is 0 Å². The summed E-state index contributed by atoms with van der Waals surface area (Å²) in [5.41, 5.74) is -0.914. The molecule has 2 saturated carbocycles. The fourth-order valence-corrected chi connectivity index (χ4v) is 4.87. The van der Waals surface area contributed by atoms with Crippen molar-refractivity contribution in [3.8, 4) is 0 Å². The van der Waals surface area contributed by atoms with E-state index >= 15 is 0 Å². The minimum atomic E-state index is -3.57.